The molecule has 1 aromatic heterocycles. The molecule has 0 bridgehead atoms. The fourth-order valence-electron chi connectivity index (χ4n) is 3.83. The molecule has 0 N–H and O–H groups in total. The normalized spacial score (nSPS) is 18.1. The number of aromatic nitrogens is 2. The highest BCUT2D eigenvalue weighted by Crippen LogP contribution is 2.29. The van der Waals surface area contributed by atoms with Crippen molar-refractivity contribution in [3.8, 4) is 0 Å². The molecule has 2 heterocycles. The summed E-state index contributed by atoms with van der Waals surface area (Å²) in [5.41, 5.74) is 1.89. The van der Waals surface area contributed by atoms with Crippen LogP contribution in [0.4, 0.5) is 0 Å². The van der Waals surface area contributed by atoms with Gasteiger partial charge in [0.05, 0.1) is 23.0 Å². The van der Waals surface area contributed by atoms with Crippen molar-refractivity contribution < 1.29 is 13.2 Å². The smallest absolute Gasteiger partial charge is 0.247 e. The van der Waals surface area contributed by atoms with Crippen molar-refractivity contribution in [3.05, 3.63) is 47.3 Å². The van der Waals surface area contributed by atoms with Gasteiger partial charge in [-0.15, -0.1) is 0 Å². The van der Waals surface area contributed by atoms with E-state index in [-0.39, 0.29) is 11.6 Å². The zero-order valence-electron chi connectivity index (χ0n) is 17.5. The predicted molar refractivity (Wildman–Crippen MR) is 110 cm³/mol. The highest BCUT2D eigenvalue weighted by atomic mass is 32.2. The van der Waals surface area contributed by atoms with Crippen LogP contribution in [0.2, 0.25) is 0 Å². The molecule has 1 saturated heterocycles. The van der Waals surface area contributed by atoms with E-state index in [1.165, 1.54) is 0 Å². The first-order valence-corrected chi connectivity index (χ1v) is 11.3. The second-order valence-electron chi connectivity index (χ2n) is 8.50. The zero-order chi connectivity index (χ0) is 20.5. The average molecular weight is 406 g/mol. The Morgan fingerprint density at radius 1 is 1.21 bits per heavy atom. The Bertz CT molecular complexity index is 908. The van der Waals surface area contributed by atoms with Gasteiger partial charge in [0.25, 0.3) is 0 Å². The third-order valence-electron chi connectivity index (χ3n) is 5.09. The first-order chi connectivity index (χ1) is 13.1. The summed E-state index contributed by atoms with van der Waals surface area (Å²) < 4.78 is 36.6. The number of nitrogens with zero attached hydrogens (tertiary/aromatic N) is 3. The second kappa shape index (κ2) is 7.97. The predicted octanol–water partition coefficient (Wildman–Crippen LogP) is 3.62. The van der Waals surface area contributed by atoms with Crippen LogP contribution in [-0.2, 0) is 26.8 Å². The Hall–Kier alpha value is -1.70. The van der Waals surface area contributed by atoms with Crippen LogP contribution in [-0.4, -0.2) is 41.8 Å². The van der Waals surface area contributed by atoms with E-state index in [1.807, 2.05) is 62.7 Å². The van der Waals surface area contributed by atoms with E-state index < -0.39 is 10.0 Å². The summed E-state index contributed by atoms with van der Waals surface area (Å²) in [5, 5.41) is 4.55. The van der Waals surface area contributed by atoms with Crippen molar-refractivity contribution >= 4 is 10.0 Å². The summed E-state index contributed by atoms with van der Waals surface area (Å²) in [6.45, 7) is 11.1. The summed E-state index contributed by atoms with van der Waals surface area (Å²) in [6.07, 6.45) is 1.81. The number of benzene rings is 1. The van der Waals surface area contributed by atoms with Gasteiger partial charge in [-0.05, 0) is 53.0 Å². The molecule has 6 nitrogen and oxygen atoms in total. The van der Waals surface area contributed by atoms with Gasteiger partial charge >= 0.3 is 0 Å². The van der Waals surface area contributed by atoms with Gasteiger partial charge in [0, 0.05) is 19.7 Å². The summed E-state index contributed by atoms with van der Waals surface area (Å²) in [4.78, 5) is 0.316. The SMILES string of the molecule is Cc1nn(C(C)(C)C)c(C)c1S(=O)(=O)N(Cc1ccccc1)CC1CCCO1. The van der Waals surface area contributed by atoms with Gasteiger partial charge in [0.15, 0.2) is 0 Å². The fraction of sp³-hybridized carbons (Fsp3) is 0.571. The Balaban J connectivity index is 2.01. The largest absolute Gasteiger partial charge is 0.377 e. The number of ether oxygens (including phenoxy) is 1. The van der Waals surface area contributed by atoms with E-state index in [4.69, 9.17) is 4.74 Å². The maximum Gasteiger partial charge on any atom is 0.247 e. The molecule has 0 aliphatic carbocycles. The molecule has 154 valence electrons. The molecular weight excluding hydrogens is 374 g/mol. The van der Waals surface area contributed by atoms with E-state index in [1.54, 1.807) is 11.2 Å². The van der Waals surface area contributed by atoms with Crippen molar-refractivity contribution in [1.82, 2.24) is 14.1 Å². The van der Waals surface area contributed by atoms with Gasteiger partial charge in [0.2, 0.25) is 10.0 Å². The summed E-state index contributed by atoms with van der Waals surface area (Å²) >= 11 is 0. The van der Waals surface area contributed by atoms with Gasteiger partial charge in [-0.1, -0.05) is 30.3 Å². The highest BCUT2D eigenvalue weighted by Gasteiger charge is 2.35. The standard InChI is InChI=1S/C21H31N3O3S/c1-16-20(17(2)24(22-16)21(3,4)5)28(25,26)23(15-19-12-9-13-27-19)14-18-10-7-6-8-11-18/h6-8,10-11,19H,9,12-15H2,1-5H3. The lowest BCUT2D eigenvalue weighted by atomic mass is 10.1. The van der Waals surface area contributed by atoms with Crippen LogP contribution in [0.15, 0.2) is 35.2 Å². The summed E-state index contributed by atoms with van der Waals surface area (Å²) in [6, 6.07) is 9.71. The van der Waals surface area contributed by atoms with E-state index in [9.17, 15) is 8.42 Å². The lowest BCUT2D eigenvalue weighted by Crippen LogP contribution is -2.37. The third kappa shape index (κ3) is 4.31. The lowest BCUT2D eigenvalue weighted by Gasteiger charge is -2.26. The first-order valence-electron chi connectivity index (χ1n) is 9.83. The topological polar surface area (TPSA) is 64.4 Å². The van der Waals surface area contributed by atoms with Crippen LogP contribution in [0.3, 0.4) is 0 Å². The van der Waals surface area contributed by atoms with Crippen molar-refractivity contribution in [2.24, 2.45) is 0 Å². The molecule has 0 saturated carbocycles. The highest BCUT2D eigenvalue weighted by molar-refractivity contribution is 7.89. The van der Waals surface area contributed by atoms with E-state index >= 15 is 0 Å². The number of rotatable bonds is 6. The fourth-order valence-corrected chi connectivity index (χ4v) is 5.65. The van der Waals surface area contributed by atoms with Crippen molar-refractivity contribution in [3.63, 3.8) is 0 Å². The zero-order valence-corrected chi connectivity index (χ0v) is 18.3. The maximum atomic E-state index is 13.7. The molecular formula is C21H31N3O3S. The van der Waals surface area contributed by atoms with E-state index in [0.29, 0.717) is 36.0 Å². The third-order valence-corrected chi connectivity index (χ3v) is 7.16. The number of sulfonamides is 1. The quantitative estimate of drug-likeness (QED) is 0.736. The molecule has 28 heavy (non-hydrogen) atoms. The molecule has 0 spiro atoms. The molecule has 0 radical (unpaired) electrons. The first kappa shape index (κ1) is 21.0. The van der Waals surface area contributed by atoms with Crippen LogP contribution in [0, 0.1) is 13.8 Å². The molecule has 0 amide bonds. The minimum absolute atomic E-state index is 0.0586. The van der Waals surface area contributed by atoms with E-state index in [2.05, 4.69) is 5.10 Å². The summed E-state index contributed by atoms with van der Waals surface area (Å²) in [7, 11) is -3.72. The Morgan fingerprint density at radius 3 is 2.43 bits per heavy atom. The minimum atomic E-state index is -3.72. The molecule has 1 unspecified atom stereocenters. The molecule has 3 rings (SSSR count). The lowest BCUT2D eigenvalue weighted by molar-refractivity contribution is 0.0925. The van der Waals surface area contributed by atoms with Gasteiger partial charge in [-0.2, -0.15) is 9.40 Å². The van der Waals surface area contributed by atoms with Gasteiger partial charge in [0.1, 0.15) is 4.90 Å². The average Bonchev–Trinajstić information content (AvgIpc) is 3.22. The van der Waals surface area contributed by atoms with Crippen LogP contribution in [0.25, 0.3) is 0 Å². The van der Waals surface area contributed by atoms with Crippen LogP contribution >= 0.6 is 0 Å². The van der Waals surface area contributed by atoms with Crippen LogP contribution in [0.1, 0.15) is 50.6 Å². The molecule has 1 fully saturated rings. The van der Waals surface area contributed by atoms with Crippen molar-refractivity contribution in [2.45, 2.75) is 70.5 Å². The Kier molecular flexibility index (Phi) is 5.98. The monoisotopic (exact) mass is 405 g/mol. The van der Waals surface area contributed by atoms with Crippen LogP contribution < -0.4 is 0 Å². The summed E-state index contributed by atoms with van der Waals surface area (Å²) in [5.74, 6) is 0. The van der Waals surface area contributed by atoms with E-state index in [0.717, 1.165) is 18.4 Å². The van der Waals surface area contributed by atoms with Crippen LogP contribution in [0.5, 0.6) is 0 Å². The number of hydrogen-bond acceptors (Lipinski definition) is 4. The number of aryl methyl sites for hydroxylation is 1. The molecule has 1 atom stereocenters. The van der Waals surface area contributed by atoms with Gasteiger partial charge in [-0.3, -0.25) is 4.68 Å². The van der Waals surface area contributed by atoms with Gasteiger partial charge < -0.3 is 4.74 Å². The molecule has 7 heteroatoms. The van der Waals surface area contributed by atoms with Gasteiger partial charge in [-0.25, -0.2) is 8.42 Å². The minimum Gasteiger partial charge on any atom is -0.377 e. The maximum absolute atomic E-state index is 13.7. The molecule has 1 aliphatic rings. The Morgan fingerprint density at radius 2 is 1.89 bits per heavy atom. The Labute approximate surface area is 168 Å². The molecule has 1 aliphatic heterocycles. The molecule has 2 aromatic rings. The second-order valence-corrected chi connectivity index (χ2v) is 10.4. The number of hydrogen-bond donors (Lipinski definition) is 0. The molecule has 1 aromatic carbocycles. The van der Waals surface area contributed by atoms with Crippen molar-refractivity contribution in [2.75, 3.05) is 13.2 Å². The van der Waals surface area contributed by atoms with Crippen molar-refractivity contribution in [1.29, 1.82) is 0 Å².